The van der Waals surface area contributed by atoms with Crippen molar-refractivity contribution < 1.29 is 9.53 Å². The van der Waals surface area contributed by atoms with Gasteiger partial charge in [0.2, 0.25) is 0 Å². The van der Waals surface area contributed by atoms with Crippen LogP contribution >= 0.6 is 11.8 Å². The molecule has 6 nitrogen and oxygen atoms in total. The van der Waals surface area contributed by atoms with E-state index >= 15 is 0 Å². The summed E-state index contributed by atoms with van der Waals surface area (Å²) < 4.78 is 5.65. The zero-order valence-electron chi connectivity index (χ0n) is 15.4. The molecule has 1 aromatic carbocycles. The van der Waals surface area contributed by atoms with Crippen molar-refractivity contribution in [3.8, 4) is 5.75 Å². The number of ether oxygens (including phenoxy) is 1. The average molecular weight is 375 g/mol. The second-order valence-electron chi connectivity index (χ2n) is 8.03. The maximum atomic E-state index is 12.8. The summed E-state index contributed by atoms with van der Waals surface area (Å²) in [5, 5.41) is 6.76. The first-order chi connectivity index (χ1) is 12.6. The number of hydrogen-bond acceptors (Lipinski definition) is 5. The number of benzene rings is 1. The highest BCUT2D eigenvalue weighted by atomic mass is 32.2. The molecule has 1 spiro atoms. The fourth-order valence-electron chi connectivity index (χ4n) is 4.49. The molecule has 4 aliphatic rings. The van der Waals surface area contributed by atoms with E-state index in [4.69, 9.17) is 4.74 Å². The van der Waals surface area contributed by atoms with Gasteiger partial charge in [-0.15, -0.1) is 0 Å². The molecule has 140 valence electrons. The second-order valence-corrected chi connectivity index (χ2v) is 9.15. The van der Waals surface area contributed by atoms with Crippen molar-refractivity contribution in [2.75, 3.05) is 32.6 Å². The van der Waals surface area contributed by atoms with E-state index in [0.717, 1.165) is 37.4 Å². The fourth-order valence-corrected chi connectivity index (χ4v) is 5.60. The standard InChI is InChI=1S/C19H26N4O2S/c1-22-11-12(5-7-19(22)8-9-19)20-17(24)23(2)18-21-16-13-6-10-25-14(13)3-4-15(16)26-18/h3-4,12,18,21H,5-11H2,1-2H3,(H,20,24). The minimum Gasteiger partial charge on any atom is -0.493 e. The van der Waals surface area contributed by atoms with Crippen molar-refractivity contribution in [3.05, 3.63) is 17.7 Å². The lowest BCUT2D eigenvalue weighted by Gasteiger charge is -2.38. The molecule has 2 atom stereocenters. The number of amides is 2. The van der Waals surface area contributed by atoms with Crippen LogP contribution in [-0.4, -0.2) is 60.2 Å². The number of likely N-dealkylation sites (tertiary alicyclic amines) is 1. The molecular formula is C19H26N4O2S. The predicted molar refractivity (Wildman–Crippen MR) is 103 cm³/mol. The molecular weight excluding hydrogens is 348 g/mol. The van der Waals surface area contributed by atoms with E-state index in [9.17, 15) is 4.79 Å². The Morgan fingerprint density at radius 1 is 1.42 bits per heavy atom. The first-order valence-corrected chi connectivity index (χ1v) is 10.4. The third-order valence-electron chi connectivity index (χ3n) is 6.44. The minimum absolute atomic E-state index is 0.000786. The smallest absolute Gasteiger partial charge is 0.319 e. The van der Waals surface area contributed by atoms with Gasteiger partial charge < -0.3 is 15.4 Å². The van der Waals surface area contributed by atoms with Gasteiger partial charge in [0.25, 0.3) is 0 Å². The lowest BCUT2D eigenvalue weighted by atomic mass is 9.97. The van der Waals surface area contributed by atoms with Crippen LogP contribution in [0.4, 0.5) is 10.5 Å². The molecule has 0 bridgehead atoms. The SMILES string of the molecule is CN(C(=O)NC1CCC2(CC2)N(C)C1)C1Nc2c(ccc3c2CCO3)S1. The maximum absolute atomic E-state index is 12.8. The number of fused-ring (bicyclic) bond motifs is 3. The van der Waals surface area contributed by atoms with Crippen LogP contribution in [0.25, 0.3) is 0 Å². The summed E-state index contributed by atoms with van der Waals surface area (Å²) in [6.45, 7) is 1.70. The van der Waals surface area contributed by atoms with Gasteiger partial charge in [-0.25, -0.2) is 4.79 Å². The molecule has 1 saturated carbocycles. The summed E-state index contributed by atoms with van der Waals surface area (Å²) in [5.74, 6) is 0.976. The van der Waals surface area contributed by atoms with Gasteiger partial charge in [0.15, 0.2) is 5.50 Å². The molecule has 2 amide bonds. The molecule has 7 heteroatoms. The lowest BCUT2D eigenvalue weighted by molar-refractivity contribution is 0.132. The number of carbonyl (C=O) groups excluding carboxylic acids is 1. The van der Waals surface area contributed by atoms with E-state index in [0.29, 0.717) is 5.54 Å². The Bertz CT molecular complexity index is 751. The van der Waals surface area contributed by atoms with Gasteiger partial charge in [0.1, 0.15) is 5.75 Å². The van der Waals surface area contributed by atoms with Gasteiger partial charge in [-0.1, -0.05) is 11.8 Å². The van der Waals surface area contributed by atoms with E-state index in [1.54, 1.807) is 16.7 Å². The Morgan fingerprint density at radius 2 is 2.27 bits per heavy atom. The van der Waals surface area contributed by atoms with Gasteiger partial charge in [0.05, 0.1) is 12.3 Å². The number of nitrogens with one attached hydrogen (secondary N) is 2. The molecule has 1 aromatic rings. The first kappa shape index (κ1) is 16.6. The Morgan fingerprint density at radius 3 is 3.04 bits per heavy atom. The number of likely N-dealkylation sites (N-methyl/N-ethyl adjacent to an activating group) is 1. The summed E-state index contributed by atoms with van der Waals surface area (Å²) in [7, 11) is 4.07. The van der Waals surface area contributed by atoms with Crippen molar-refractivity contribution in [2.24, 2.45) is 0 Å². The van der Waals surface area contributed by atoms with E-state index < -0.39 is 0 Å². The lowest BCUT2D eigenvalue weighted by Crippen LogP contribution is -2.55. The number of anilines is 1. The van der Waals surface area contributed by atoms with Crippen LogP contribution in [0.3, 0.4) is 0 Å². The molecule has 26 heavy (non-hydrogen) atoms. The third-order valence-corrected chi connectivity index (χ3v) is 7.69. The number of piperidine rings is 1. The highest BCUT2D eigenvalue weighted by Crippen LogP contribution is 2.48. The molecule has 0 aromatic heterocycles. The van der Waals surface area contributed by atoms with Crippen molar-refractivity contribution in [3.63, 3.8) is 0 Å². The first-order valence-electron chi connectivity index (χ1n) is 9.52. The minimum atomic E-state index is -0.0757. The Kier molecular flexibility index (Phi) is 3.79. The number of nitrogens with zero attached hydrogens (tertiary/aromatic N) is 2. The zero-order valence-corrected chi connectivity index (χ0v) is 16.2. The highest BCUT2D eigenvalue weighted by Gasteiger charge is 2.49. The van der Waals surface area contributed by atoms with Crippen LogP contribution in [0, 0.1) is 0 Å². The summed E-state index contributed by atoms with van der Waals surface area (Å²) in [5.41, 5.74) is 2.77. The monoisotopic (exact) mass is 374 g/mol. The summed E-state index contributed by atoms with van der Waals surface area (Å²) >= 11 is 1.70. The largest absolute Gasteiger partial charge is 0.493 e. The molecule has 2 N–H and O–H groups in total. The normalized spacial score (nSPS) is 28.1. The number of carbonyl (C=O) groups is 1. The molecule has 3 aliphatic heterocycles. The van der Waals surface area contributed by atoms with Crippen LogP contribution in [0.5, 0.6) is 5.75 Å². The van der Waals surface area contributed by atoms with Crippen molar-refractivity contribution >= 4 is 23.5 Å². The summed E-state index contributed by atoms with van der Waals surface area (Å²) in [6.07, 6.45) is 5.86. The van der Waals surface area contributed by atoms with Gasteiger partial charge >= 0.3 is 6.03 Å². The van der Waals surface area contributed by atoms with E-state index in [1.165, 1.54) is 29.7 Å². The molecule has 2 fully saturated rings. The van der Waals surface area contributed by atoms with Crippen molar-refractivity contribution in [1.29, 1.82) is 0 Å². The molecule has 3 heterocycles. The maximum Gasteiger partial charge on any atom is 0.319 e. The van der Waals surface area contributed by atoms with E-state index in [-0.39, 0.29) is 17.6 Å². The summed E-state index contributed by atoms with van der Waals surface area (Å²) in [6, 6.07) is 4.38. The molecule has 5 rings (SSSR count). The van der Waals surface area contributed by atoms with Gasteiger partial charge in [-0.2, -0.15) is 0 Å². The Labute approximate surface area is 158 Å². The van der Waals surface area contributed by atoms with Gasteiger partial charge in [0, 0.05) is 42.1 Å². The average Bonchev–Trinajstić information content (AvgIpc) is 3.06. The van der Waals surface area contributed by atoms with Crippen molar-refractivity contribution in [2.45, 2.75) is 54.1 Å². The Balaban J connectivity index is 1.22. The quantitative estimate of drug-likeness (QED) is 0.834. The highest BCUT2D eigenvalue weighted by molar-refractivity contribution is 8.00. The topological polar surface area (TPSA) is 56.8 Å². The zero-order chi connectivity index (χ0) is 17.9. The number of hydrogen-bond donors (Lipinski definition) is 2. The van der Waals surface area contributed by atoms with Crippen LogP contribution in [0.1, 0.15) is 31.2 Å². The number of urea groups is 1. The third kappa shape index (κ3) is 2.63. The van der Waals surface area contributed by atoms with Crippen LogP contribution in [0.2, 0.25) is 0 Å². The van der Waals surface area contributed by atoms with Gasteiger partial charge in [-0.05, 0) is 44.9 Å². The number of thioether (sulfide) groups is 1. The van der Waals surface area contributed by atoms with Crippen molar-refractivity contribution in [1.82, 2.24) is 15.1 Å². The molecule has 2 unspecified atom stereocenters. The Hall–Kier alpha value is -1.60. The number of rotatable bonds is 2. The second kappa shape index (κ2) is 5.96. The van der Waals surface area contributed by atoms with E-state index in [1.807, 2.05) is 13.1 Å². The van der Waals surface area contributed by atoms with Gasteiger partial charge in [-0.3, -0.25) is 9.80 Å². The molecule has 1 aliphatic carbocycles. The fraction of sp³-hybridized carbons (Fsp3) is 0.632. The van der Waals surface area contributed by atoms with E-state index in [2.05, 4.69) is 28.6 Å². The molecule has 1 saturated heterocycles. The molecule has 0 radical (unpaired) electrons. The predicted octanol–water partition coefficient (Wildman–Crippen LogP) is 2.69. The van der Waals surface area contributed by atoms with Crippen LogP contribution in [0.15, 0.2) is 17.0 Å². The van der Waals surface area contributed by atoms with Crippen LogP contribution in [-0.2, 0) is 6.42 Å². The van der Waals surface area contributed by atoms with Crippen LogP contribution < -0.4 is 15.4 Å². The summed E-state index contributed by atoms with van der Waals surface area (Å²) in [4.78, 5) is 18.2.